The first-order valence-electron chi connectivity index (χ1n) is 7.07. The number of anilines is 1. The summed E-state index contributed by atoms with van der Waals surface area (Å²) >= 11 is 0. The van der Waals surface area contributed by atoms with Crippen LogP contribution in [-0.4, -0.2) is 38.0 Å². The van der Waals surface area contributed by atoms with Gasteiger partial charge in [0, 0.05) is 31.6 Å². The molecule has 1 aliphatic rings. The van der Waals surface area contributed by atoms with Crippen LogP contribution in [-0.2, 0) is 9.84 Å². The molecule has 0 radical (unpaired) electrons. The predicted molar refractivity (Wildman–Crippen MR) is 81.5 cm³/mol. The molecule has 112 valence electrons. The van der Waals surface area contributed by atoms with Crippen molar-refractivity contribution >= 4 is 15.7 Å². The molecule has 0 aliphatic carbocycles. The molecule has 1 fully saturated rings. The lowest BCUT2D eigenvalue weighted by atomic mass is 10.1. The summed E-state index contributed by atoms with van der Waals surface area (Å²) in [5.41, 5.74) is 7.13. The lowest BCUT2D eigenvalue weighted by Gasteiger charge is -2.32. The highest BCUT2D eigenvalue weighted by atomic mass is 32.2. The van der Waals surface area contributed by atoms with Crippen LogP contribution in [0.5, 0.6) is 0 Å². The van der Waals surface area contributed by atoms with Gasteiger partial charge in [-0.15, -0.1) is 0 Å². The van der Waals surface area contributed by atoms with Crippen molar-refractivity contribution < 1.29 is 8.42 Å². The number of hydrogen-bond acceptors (Lipinski definition) is 5. The molecule has 0 bridgehead atoms. The third kappa shape index (κ3) is 3.49. The molecule has 5 nitrogen and oxygen atoms in total. The van der Waals surface area contributed by atoms with Gasteiger partial charge >= 0.3 is 0 Å². The van der Waals surface area contributed by atoms with Gasteiger partial charge in [-0.1, -0.05) is 6.92 Å². The molecule has 0 unspecified atom stereocenters. The third-order valence-electron chi connectivity index (χ3n) is 4.01. The standard InChI is InChI=1S/C14H23N3O2S/c1-3-13(15)11-4-7-16-14(10-11)17-8-5-12(6-9-17)20(2,18)19/h4,7,10,12-13H,3,5-6,8-9,15H2,1-2H3/t13-/m0/s1. The van der Waals surface area contributed by atoms with Gasteiger partial charge < -0.3 is 10.6 Å². The molecule has 0 spiro atoms. The van der Waals surface area contributed by atoms with Gasteiger partial charge in [-0.2, -0.15) is 0 Å². The van der Waals surface area contributed by atoms with E-state index in [1.165, 1.54) is 6.26 Å². The van der Waals surface area contributed by atoms with Crippen molar-refractivity contribution in [1.29, 1.82) is 0 Å². The Morgan fingerprint density at radius 2 is 2.10 bits per heavy atom. The number of pyridine rings is 1. The molecule has 0 saturated carbocycles. The van der Waals surface area contributed by atoms with Crippen molar-refractivity contribution in [3.63, 3.8) is 0 Å². The van der Waals surface area contributed by atoms with E-state index in [0.29, 0.717) is 12.8 Å². The summed E-state index contributed by atoms with van der Waals surface area (Å²) in [7, 11) is -2.92. The van der Waals surface area contributed by atoms with Gasteiger partial charge in [0.1, 0.15) is 15.7 Å². The van der Waals surface area contributed by atoms with Gasteiger partial charge in [0.05, 0.1) is 5.25 Å². The quantitative estimate of drug-likeness (QED) is 0.911. The zero-order chi connectivity index (χ0) is 14.8. The number of nitrogens with zero attached hydrogens (tertiary/aromatic N) is 2. The summed E-state index contributed by atoms with van der Waals surface area (Å²) in [6, 6.07) is 4.00. The summed E-state index contributed by atoms with van der Waals surface area (Å²) in [6.45, 7) is 3.52. The molecular weight excluding hydrogens is 274 g/mol. The number of piperidine rings is 1. The maximum Gasteiger partial charge on any atom is 0.150 e. The van der Waals surface area contributed by atoms with Crippen LogP contribution in [0.15, 0.2) is 18.3 Å². The molecule has 2 N–H and O–H groups in total. The van der Waals surface area contributed by atoms with E-state index in [0.717, 1.165) is 30.9 Å². The van der Waals surface area contributed by atoms with Crippen LogP contribution in [0.3, 0.4) is 0 Å². The van der Waals surface area contributed by atoms with Gasteiger partial charge in [0.15, 0.2) is 0 Å². The topological polar surface area (TPSA) is 76.3 Å². The van der Waals surface area contributed by atoms with Crippen molar-refractivity contribution in [2.24, 2.45) is 5.73 Å². The smallest absolute Gasteiger partial charge is 0.150 e. The fourth-order valence-electron chi connectivity index (χ4n) is 2.59. The van der Waals surface area contributed by atoms with Crippen LogP contribution < -0.4 is 10.6 Å². The van der Waals surface area contributed by atoms with Gasteiger partial charge in [0.2, 0.25) is 0 Å². The molecule has 0 aromatic carbocycles. The minimum absolute atomic E-state index is 0.0327. The Morgan fingerprint density at radius 1 is 1.45 bits per heavy atom. The average molecular weight is 297 g/mol. The molecule has 2 rings (SSSR count). The lowest BCUT2D eigenvalue weighted by molar-refractivity contribution is 0.532. The van der Waals surface area contributed by atoms with Crippen LogP contribution in [0.25, 0.3) is 0 Å². The van der Waals surface area contributed by atoms with E-state index in [1.807, 2.05) is 12.1 Å². The summed E-state index contributed by atoms with van der Waals surface area (Å²) in [5, 5.41) is -0.208. The summed E-state index contributed by atoms with van der Waals surface area (Å²) in [5.74, 6) is 0.901. The number of hydrogen-bond donors (Lipinski definition) is 1. The van der Waals surface area contributed by atoms with Crippen LogP contribution in [0.4, 0.5) is 5.82 Å². The van der Waals surface area contributed by atoms with Crippen molar-refractivity contribution in [2.75, 3.05) is 24.2 Å². The molecular formula is C14H23N3O2S. The predicted octanol–water partition coefficient (Wildman–Crippen LogP) is 1.50. The highest BCUT2D eigenvalue weighted by Crippen LogP contribution is 2.24. The van der Waals surface area contributed by atoms with Crippen molar-refractivity contribution in [1.82, 2.24) is 4.98 Å². The highest BCUT2D eigenvalue weighted by Gasteiger charge is 2.27. The Balaban J connectivity index is 2.07. The minimum Gasteiger partial charge on any atom is -0.357 e. The Hall–Kier alpha value is -1.14. The number of aromatic nitrogens is 1. The lowest BCUT2D eigenvalue weighted by Crippen LogP contribution is -2.39. The van der Waals surface area contributed by atoms with Crippen molar-refractivity contribution in [2.45, 2.75) is 37.5 Å². The number of nitrogens with two attached hydrogens (primary N) is 1. The molecule has 6 heteroatoms. The second kappa shape index (κ2) is 6.10. The maximum absolute atomic E-state index is 11.6. The van der Waals surface area contributed by atoms with Gasteiger partial charge in [-0.3, -0.25) is 0 Å². The molecule has 1 aromatic rings. The number of sulfone groups is 1. The molecule has 2 heterocycles. The van der Waals surface area contributed by atoms with E-state index in [1.54, 1.807) is 6.20 Å². The molecule has 1 aromatic heterocycles. The van der Waals surface area contributed by atoms with Gasteiger partial charge in [0.25, 0.3) is 0 Å². The Morgan fingerprint density at radius 3 is 2.65 bits per heavy atom. The van der Waals surface area contributed by atoms with E-state index in [2.05, 4.69) is 16.8 Å². The molecule has 1 aliphatic heterocycles. The Labute approximate surface area is 121 Å². The maximum atomic E-state index is 11.6. The largest absolute Gasteiger partial charge is 0.357 e. The second-order valence-electron chi connectivity index (χ2n) is 5.48. The first-order chi connectivity index (χ1) is 9.41. The zero-order valence-corrected chi connectivity index (χ0v) is 12.9. The Bertz CT molecular complexity index is 551. The Kier molecular flexibility index (Phi) is 4.65. The van der Waals surface area contributed by atoms with E-state index < -0.39 is 9.84 Å². The monoisotopic (exact) mass is 297 g/mol. The average Bonchev–Trinajstić information content (AvgIpc) is 2.46. The van der Waals surface area contributed by atoms with E-state index in [4.69, 9.17) is 5.73 Å². The van der Waals surface area contributed by atoms with Gasteiger partial charge in [-0.25, -0.2) is 13.4 Å². The normalized spacial score (nSPS) is 19.1. The summed E-state index contributed by atoms with van der Waals surface area (Å²) in [4.78, 5) is 6.53. The summed E-state index contributed by atoms with van der Waals surface area (Å²) in [6.07, 6.45) is 5.34. The van der Waals surface area contributed by atoms with E-state index in [-0.39, 0.29) is 11.3 Å². The van der Waals surface area contributed by atoms with Crippen LogP contribution in [0.1, 0.15) is 37.8 Å². The molecule has 0 amide bonds. The minimum atomic E-state index is -2.92. The molecule has 20 heavy (non-hydrogen) atoms. The second-order valence-corrected chi connectivity index (χ2v) is 7.80. The molecule has 1 atom stereocenters. The first kappa shape index (κ1) is 15.3. The highest BCUT2D eigenvalue weighted by molar-refractivity contribution is 7.91. The van der Waals surface area contributed by atoms with Crippen LogP contribution in [0, 0.1) is 0 Å². The van der Waals surface area contributed by atoms with Crippen LogP contribution >= 0.6 is 0 Å². The fourth-order valence-corrected chi connectivity index (χ4v) is 3.65. The van der Waals surface area contributed by atoms with Crippen LogP contribution in [0.2, 0.25) is 0 Å². The summed E-state index contributed by atoms with van der Waals surface area (Å²) < 4.78 is 23.1. The van der Waals surface area contributed by atoms with Crippen molar-refractivity contribution in [3.05, 3.63) is 23.9 Å². The van der Waals surface area contributed by atoms with Crippen molar-refractivity contribution in [3.8, 4) is 0 Å². The van der Waals surface area contributed by atoms with E-state index >= 15 is 0 Å². The fraction of sp³-hybridized carbons (Fsp3) is 0.643. The number of rotatable bonds is 4. The van der Waals surface area contributed by atoms with Gasteiger partial charge in [-0.05, 0) is 37.0 Å². The van der Waals surface area contributed by atoms with E-state index in [9.17, 15) is 8.42 Å². The zero-order valence-electron chi connectivity index (χ0n) is 12.1. The third-order valence-corrected chi connectivity index (χ3v) is 5.69. The molecule has 1 saturated heterocycles. The first-order valence-corrected chi connectivity index (χ1v) is 9.02. The SMILES string of the molecule is CC[C@H](N)c1ccnc(N2CCC(S(C)(=O)=O)CC2)c1.